The van der Waals surface area contributed by atoms with Crippen molar-refractivity contribution in [1.82, 2.24) is 5.32 Å². The number of amides is 1. The zero-order chi connectivity index (χ0) is 48.1. The summed E-state index contributed by atoms with van der Waals surface area (Å²) in [4.78, 5) is 69.3. The van der Waals surface area contributed by atoms with Gasteiger partial charge in [-0.3, -0.25) is 9.59 Å². The van der Waals surface area contributed by atoms with E-state index in [0.717, 1.165) is 0 Å². The smallest absolute Gasteiger partial charge is 0.408 e. The van der Waals surface area contributed by atoms with Crippen LogP contribution in [0.5, 0.6) is 0 Å². The highest BCUT2D eigenvalue weighted by Gasteiger charge is 2.84. The van der Waals surface area contributed by atoms with E-state index >= 15 is 0 Å². The quantitative estimate of drug-likeness (QED) is 0.0657. The molecule has 2 aromatic carbocycles. The van der Waals surface area contributed by atoms with Crippen molar-refractivity contribution in [2.45, 2.75) is 146 Å². The summed E-state index contributed by atoms with van der Waals surface area (Å²) in [6.07, 6.45) is -9.27. The van der Waals surface area contributed by atoms with E-state index in [4.69, 9.17) is 34.2 Å². The molecule has 5 aliphatic rings. The molecule has 0 radical (unpaired) electrons. The van der Waals surface area contributed by atoms with Gasteiger partial charge in [0.1, 0.15) is 47.4 Å². The number of hydrogen-bond donors (Lipinski definition) is 6. The van der Waals surface area contributed by atoms with Gasteiger partial charge in [0.2, 0.25) is 6.10 Å². The molecule has 1 aliphatic heterocycles. The zero-order valence-electron chi connectivity index (χ0n) is 38.4. The van der Waals surface area contributed by atoms with Crippen LogP contribution in [0.3, 0.4) is 0 Å². The number of benzene rings is 2. The van der Waals surface area contributed by atoms with Crippen molar-refractivity contribution in [2.75, 3.05) is 13.2 Å². The maximum Gasteiger partial charge on any atom is 0.408 e. The van der Waals surface area contributed by atoms with Gasteiger partial charge in [0, 0.05) is 37.2 Å². The maximum atomic E-state index is 15.0. The van der Waals surface area contributed by atoms with Crippen LogP contribution >= 0.6 is 0 Å². The maximum absolute atomic E-state index is 15.0. The number of unbranched alkanes of at least 4 members (excludes halogenated alkanes) is 2. The van der Waals surface area contributed by atoms with E-state index in [1.165, 1.54) is 19.1 Å². The fourth-order valence-corrected chi connectivity index (χ4v) is 10.9. The first-order chi connectivity index (χ1) is 31.0. The first kappa shape index (κ1) is 48.6. The van der Waals surface area contributed by atoms with Crippen molar-refractivity contribution in [3.05, 3.63) is 94.3 Å². The fourth-order valence-electron chi connectivity index (χ4n) is 10.9. The Morgan fingerprint density at radius 1 is 0.939 bits per heavy atom. The molecule has 1 saturated heterocycles. The van der Waals surface area contributed by atoms with Gasteiger partial charge < -0.3 is 59.9 Å². The van der Waals surface area contributed by atoms with Crippen LogP contribution in [0, 0.1) is 16.7 Å². The lowest BCUT2D eigenvalue weighted by Crippen LogP contribution is -2.79. The molecular weight excluding hydrogens is 857 g/mol. The zero-order valence-corrected chi connectivity index (χ0v) is 38.4. The molecule has 66 heavy (non-hydrogen) atoms. The standard InChI is InChI=1S/C49H62N2O15/c1-26-30(62-43(58)38(63-33(54)21-15-10-16-22-50)36(28-17-11-8-12-18-28)51-44(59)66-45(3,4)5)24-48(60)41(64-42(57)29-19-13-9-14-20-29)39-47(65-27(2)52)25-61-32(47)23-31(53)49(39)35(40(49)56)37(55)34(26)46(48,6)7/h8-9,11-14,17-20,30-32,36-39,41,53,55-56,60H,10,15-16,21-25,50H2,1-7H3,(H,51,59)/t30-,31-,32+,36-,37+,38+,39+,41-,47-,48+,49+/m0/s1. The van der Waals surface area contributed by atoms with Crippen LogP contribution in [-0.4, -0.2) is 117 Å². The Labute approximate surface area is 383 Å². The lowest BCUT2D eigenvalue weighted by molar-refractivity contribution is -0.339. The minimum atomic E-state index is -2.36. The highest BCUT2D eigenvalue weighted by molar-refractivity contribution is 5.89. The van der Waals surface area contributed by atoms with Gasteiger partial charge in [-0.1, -0.05) is 68.8 Å². The summed E-state index contributed by atoms with van der Waals surface area (Å²) in [5.41, 5.74) is -2.06. The highest BCUT2D eigenvalue weighted by Crippen LogP contribution is 2.74. The summed E-state index contributed by atoms with van der Waals surface area (Å²) in [6.45, 7) is 11.1. The van der Waals surface area contributed by atoms with Gasteiger partial charge in [0.25, 0.3) is 0 Å². The second-order valence-electron chi connectivity index (χ2n) is 19.6. The lowest BCUT2D eigenvalue weighted by atomic mass is 9.48. The molecule has 2 saturated carbocycles. The number of aliphatic hydroxyl groups excluding tert-OH is 3. The number of carbonyl (C=O) groups excluding carboxylic acids is 5. The van der Waals surface area contributed by atoms with Crippen LogP contribution in [-0.2, 0) is 42.8 Å². The Hall–Kier alpha value is -5.33. The number of esters is 4. The van der Waals surface area contributed by atoms with Gasteiger partial charge in [0.15, 0.2) is 5.60 Å². The van der Waals surface area contributed by atoms with Gasteiger partial charge >= 0.3 is 30.0 Å². The third-order valence-corrected chi connectivity index (χ3v) is 14.1. The third-order valence-electron chi connectivity index (χ3n) is 14.1. The summed E-state index contributed by atoms with van der Waals surface area (Å²) in [7, 11) is 0. The van der Waals surface area contributed by atoms with Crippen molar-refractivity contribution in [3.8, 4) is 0 Å². The monoisotopic (exact) mass is 918 g/mol. The normalized spacial score (nSPS) is 31.4. The van der Waals surface area contributed by atoms with Gasteiger partial charge in [0.05, 0.1) is 29.6 Å². The Morgan fingerprint density at radius 3 is 2.18 bits per heavy atom. The Morgan fingerprint density at radius 2 is 1.59 bits per heavy atom. The van der Waals surface area contributed by atoms with E-state index in [1.807, 2.05) is 0 Å². The van der Waals surface area contributed by atoms with E-state index in [1.54, 1.807) is 90.1 Å². The van der Waals surface area contributed by atoms with E-state index in [0.29, 0.717) is 31.4 Å². The fraction of sp³-hybridized carbons (Fsp3) is 0.571. The van der Waals surface area contributed by atoms with Crippen molar-refractivity contribution in [1.29, 1.82) is 0 Å². The van der Waals surface area contributed by atoms with Crippen LogP contribution in [0.1, 0.15) is 109 Å². The number of nitrogens with one attached hydrogen (secondary N) is 1. The highest BCUT2D eigenvalue weighted by atomic mass is 16.6. The predicted octanol–water partition coefficient (Wildman–Crippen LogP) is 4.57. The average Bonchev–Trinajstić information content (AvgIpc) is 3.86. The topological polar surface area (TPSA) is 260 Å². The van der Waals surface area contributed by atoms with Gasteiger partial charge in [-0.15, -0.1) is 0 Å². The van der Waals surface area contributed by atoms with Gasteiger partial charge in [-0.05, 0) is 75.9 Å². The molecule has 7 N–H and O–H groups in total. The Balaban J connectivity index is 1.36. The third kappa shape index (κ3) is 8.37. The number of aliphatic hydroxyl groups is 4. The van der Waals surface area contributed by atoms with Crippen LogP contribution in [0.25, 0.3) is 0 Å². The second kappa shape index (κ2) is 18.1. The summed E-state index contributed by atoms with van der Waals surface area (Å²) in [5, 5.41) is 53.0. The van der Waals surface area contributed by atoms with E-state index in [2.05, 4.69) is 5.32 Å². The number of alkyl carbamates (subject to hydrolysis) is 1. The molecule has 1 spiro atoms. The van der Waals surface area contributed by atoms with E-state index in [-0.39, 0.29) is 41.7 Å². The SMILES string of the molecule is CC(=O)O[C@@]12CO[C@@H]1C[C@H](O)[C@@]13C(O)=C1[C@H](O)C1=C(C)[C@@H](OC(=O)[C@H](OC(=O)CCCCCN)[C@@H](NC(=O)OC(C)(C)C)c4ccccc4)C[C@@](O)([C@@H](OC(=O)c4ccccc4)[C@H]23)C1(C)C. The van der Waals surface area contributed by atoms with Crippen molar-refractivity contribution in [2.24, 2.45) is 22.5 Å². The number of hydrogen-bond acceptors (Lipinski definition) is 16. The predicted molar refractivity (Wildman–Crippen MR) is 234 cm³/mol. The first-order valence-electron chi connectivity index (χ1n) is 22.5. The molecule has 0 aromatic heterocycles. The van der Waals surface area contributed by atoms with Gasteiger partial charge in [-0.25, -0.2) is 14.4 Å². The first-order valence-corrected chi connectivity index (χ1v) is 22.5. The summed E-state index contributed by atoms with van der Waals surface area (Å²) >= 11 is 0. The number of nitrogens with two attached hydrogens (primary N) is 1. The molecule has 2 bridgehead atoms. The summed E-state index contributed by atoms with van der Waals surface area (Å²) < 4.78 is 36.2. The summed E-state index contributed by atoms with van der Waals surface area (Å²) in [6, 6.07) is 14.8. The minimum absolute atomic E-state index is 0.0405. The summed E-state index contributed by atoms with van der Waals surface area (Å²) in [5.74, 6) is -5.46. The number of fused-ring (bicyclic) bond motifs is 4. The van der Waals surface area contributed by atoms with Crippen LogP contribution in [0.2, 0.25) is 0 Å². The molecule has 358 valence electrons. The Kier molecular flexibility index (Phi) is 13.3. The molecule has 11 atom stereocenters. The van der Waals surface area contributed by atoms with Crippen LogP contribution in [0.4, 0.5) is 4.79 Å². The number of rotatable bonds is 14. The Bertz CT molecular complexity index is 2270. The van der Waals surface area contributed by atoms with Crippen LogP contribution < -0.4 is 11.1 Å². The largest absolute Gasteiger partial charge is 0.511 e. The molecule has 1 heterocycles. The molecule has 4 aliphatic carbocycles. The van der Waals surface area contributed by atoms with Crippen molar-refractivity contribution >= 4 is 30.0 Å². The molecule has 3 fully saturated rings. The number of carbonyl (C=O) groups is 5. The molecule has 7 rings (SSSR count). The molecule has 17 heteroatoms. The molecule has 1 amide bonds. The van der Waals surface area contributed by atoms with Crippen molar-refractivity contribution in [3.63, 3.8) is 0 Å². The second-order valence-corrected chi connectivity index (χ2v) is 19.6. The number of ether oxygens (including phenoxy) is 6. The van der Waals surface area contributed by atoms with Crippen molar-refractivity contribution < 1.29 is 72.8 Å². The lowest BCUT2D eigenvalue weighted by Gasteiger charge is -2.65. The van der Waals surface area contributed by atoms with E-state index in [9.17, 15) is 44.4 Å². The van der Waals surface area contributed by atoms with Gasteiger partial charge in [-0.2, -0.15) is 0 Å². The average molecular weight is 919 g/mol. The molecule has 17 nitrogen and oxygen atoms in total. The molecule has 0 unspecified atom stereocenters. The molecular formula is C49H62N2O15. The van der Waals surface area contributed by atoms with Crippen LogP contribution in [0.15, 0.2) is 83.1 Å². The molecule has 2 aromatic rings. The van der Waals surface area contributed by atoms with E-state index < -0.39 is 118 Å². The minimum Gasteiger partial charge on any atom is -0.511 e.